The molecule has 2 rings (SSSR count). The highest BCUT2D eigenvalue weighted by atomic mass is 32.1. The lowest BCUT2D eigenvalue weighted by Crippen LogP contribution is -2.54. The lowest BCUT2D eigenvalue weighted by atomic mass is 9.81. The number of rotatable bonds is 7. The first-order valence-corrected chi connectivity index (χ1v) is 9.61. The molecule has 1 aliphatic rings. The van der Waals surface area contributed by atoms with Gasteiger partial charge in [-0.2, -0.15) is 0 Å². The molecular weight excluding hydrogens is 308 g/mol. The van der Waals surface area contributed by atoms with Crippen LogP contribution < -0.4 is 5.73 Å². The average Bonchev–Trinajstić information content (AvgIpc) is 3.05. The van der Waals surface area contributed by atoms with E-state index < -0.39 is 0 Å². The molecule has 1 saturated heterocycles. The predicted octanol–water partition coefficient (Wildman–Crippen LogP) is 2.11. The molecule has 0 spiro atoms. The van der Waals surface area contributed by atoms with E-state index in [0.29, 0.717) is 6.54 Å². The van der Waals surface area contributed by atoms with Crippen molar-refractivity contribution in [2.24, 2.45) is 11.1 Å². The number of nitrogens with two attached hydrogens (primary N) is 1. The third-order valence-corrected chi connectivity index (χ3v) is 6.19. The summed E-state index contributed by atoms with van der Waals surface area (Å²) in [5.41, 5.74) is 6.71. The van der Waals surface area contributed by atoms with Gasteiger partial charge in [-0.25, -0.2) is 4.98 Å². The van der Waals surface area contributed by atoms with Crippen LogP contribution in [-0.2, 0) is 17.8 Å². The number of aryl methyl sites for hydroxylation is 1. The molecule has 0 saturated carbocycles. The van der Waals surface area contributed by atoms with Gasteiger partial charge in [0.15, 0.2) is 0 Å². The van der Waals surface area contributed by atoms with Crippen LogP contribution in [0, 0.1) is 5.41 Å². The summed E-state index contributed by atoms with van der Waals surface area (Å²) < 4.78 is 0. The summed E-state index contributed by atoms with van der Waals surface area (Å²) in [6.45, 7) is 11.0. The van der Waals surface area contributed by atoms with Gasteiger partial charge in [-0.15, -0.1) is 11.3 Å². The average molecular weight is 339 g/mol. The summed E-state index contributed by atoms with van der Waals surface area (Å²) in [4.78, 5) is 21.9. The Labute approximate surface area is 143 Å². The maximum Gasteiger partial charge on any atom is 0.230 e. The monoisotopic (exact) mass is 338 g/mol. The number of nitrogens with zero attached hydrogens (tertiary/aromatic N) is 3. The van der Waals surface area contributed by atoms with Gasteiger partial charge in [-0.1, -0.05) is 20.8 Å². The van der Waals surface area contributed by atoms with E-state index in [9.17, 15) is 4.79 Å². The van der Waals surface area contributed by atoms with Gasteiger partial charge >= 0.3 is 0 Å². The molecule has 0 aliphatic carbocycles. The van der Waals surface area contributed by atoms with Crippen molar-refractivity contribution in [3.05, 3.63) is 16.1 Å². The first-order chi connectivity index (χ1) is 11.1. The fourth-order valence-corrected chi connectivity index (χ4v) is 3.92. The van der Waals surface area contributed by atoms with Crippen LogP contribution in [-0.4, -0.2) is 53.4 Å². The van der Waals surface area contributed by atoms with Crippen molar-refractivity contribution in [3.8, 4) is 0 Å². The largest absolute Gasteiger partial charge is 0.340 e. The highest BCUT2D eigenvalue weighted by Gasteiger charge is 2.37. The van der Waals surface area contributed by atoms with Crippen LogP contribution in [0.4, 0.5) is 0 Å². The van der Waals surface area contributed by atoms with Gasteiger partial charge < -0.3 is 10.6 Å². The van der Waals surface area contributed by atoms with Crippen molar-refractivity contribution in [1.29, 1.82) is 0 Å². The number of thiazole rings is 1. The Bertz CT molecular complexity index is 496. The highest BCUT2D eigenvalue weighted by molar-refractivity contribution is 7.09. The van der Waals surface area contributed by atoms with Crippen LogP contribution in [0.5, 0.6) is 0 Å². The topological polar surface area (TPSA) is 62.5 Å². The Hall–Kier alpha value is -0.980. The summed E-state index contributed by atoms with van der Waals surface area (Å²) in [5.74, 6) is 0.242. The number of hydrogen-bond acceptors (Lipinski definition) is 5. The fraction of sp³-hybridized carbons (Fsp3) is 0.765. The second kappa shape index (κ2) is 8.22. The van der Waals surface area contributed by atoms with E-state index in [4.69, 9.17) is 5.73 Å². The highest BCUT2D eigenvalue weighted by Crippen LogP contribution is 2.28. The van der Waals surface area contributed by atoms with Gasteiger partial charge in [0.2, 0.25) is 5.91 Å². The van der Waals surface area contributed by atoms with Gasteiger partial charge in [0.25, 0.3) is 0 Å². The summed E-state index contributed by atoms with van der Waals surface area (Å²) in [7, 11) is 0. The van der Waals surface area contributed by atoms with E-state index in [2.05, 4.69) is 36.0 Å². The van der Waals surface area contributed by atoms with Crippen molar-refractivity contribution >= 4 is 17.2 Å². The number of piperazine rings is 1. The Kier molecular flexibility index (Phi) is 6.56. The zero-order chi connectivity index (χ0) is 16.9. The van der Waals surface area contributed by atoms with Gasteiger partial charge in [-0.05, 0) is 19.3 Å². The molecule has 130 valence electrons. The molecule has 1 aromatic heterocycles. The second-order valence-electron chi connectivity index (χ2n) is 6.35. The fourth-order valence-electron chi connectivity index (χ4n) is 3.19. The molecule has 1 amide bonds. The molecule has 0 atom stereocenters. The minimum absolute atomic E-state index is 0.242. The summed E-state index contributed by atoms with van der Waals surface area (Å²) in [6, 6.07) is 0. The van der Waals surface area contributed by atoms with Crippen molar-refractivity contribution in [2.75, 3.05) is 32.7 Å². The predicted molar refractivity (Wildman–Crippen MR) is 95.4 cm³/mol. The first-order valence-electron chi connectivity index (χ1n) is 8.73. The minimum Gasteiger partial charge on any atom is -0.340 e. The number of hydrogen-bond donors (Lipinski definition) is 1. The maximum atomic E-state index is 12.8. The molecule has 0 bridgehead atoms. The molecule has 5 nitrogen and oxygen atoms in total. The normalized spacial score (nSPS) is 16.8. The summed E-state index contributed by atoms with van der Waals surface area (Å²) in [6.07, 6.45) is 2.64. The van der Waals surface area contributed by atoms with E-state index >= 15 is 0 Å². The van der Waals surface area contributed by atoms with Crippen LogP contribution in [0.25, 0.3) is 0 Å². The van der Waals surface area contributed by atoms with Crippen molar-refractivity contribution < 1.29 is 4.79 Å². The van der Waals surface area contributed by atoms with Crippen LogP contribution in [0.3, 0.4) is 0 Å². The molecule has 23 heavy (non-hydrogen) atoms. The van der Waals surface area contributed by atoms with E-state index in [1.165, 1.54) is 5.01 Å². The molecular formula is C17H30N4OS. The summed E-state index contributed by atoms with van der Waals surface area (Å²) in [5, 5.41) is 3.36. The minimum atomic E-state index is -0.368. The number of aromatic nitrogens is 1. The lowest BCUT2D eigenvalue weighted by Gasteiger charge is -2.40. The molecule has 0 radical (unpaired) electrons. The SMILES string of the molecule is CCc1nc(CN2CCN(C(=O)C(CC)(CC)CN)CC2)cs1. The molecule has 6 heteroatoms. The van der Waals surface area contributed by atoms with Crippen LogP contribution >= 0.6 is 11.3 Å². The van der Waals surface area contributed by atoms with Gasteiger partial charge in [-0.3, -0.25) is 9.69 Å². The third-order valence-electron chi connectivity index (χ3n) is 5.14. The second-order valence-corrected chi connectivity index (χ2v) is 7.29. The molecule has 1 aromatic rings. The van der Waals surface area contributed by atoms with Gasteiger partial charge in [0.05, 0.1) is 16.1 Å². The van der Waals surface area contributed by atoms with Crippen molar-refractivity contribution in [3.63, 3.8) is 0 Å². The summed E-state index contributed by atoms with van der Waals surface area (Å²) >= 11 is 1.74. The van der Waals surface area contributed by atoms with Gasteiger partial charge in [0.1, 0.15) is 0 Å². The van der Waals surface area contributed by atoms with E-state index in [1.54, 1.807) is 11.3 Å². The molecule has 0 unspecified atom stereocenters. The van der Waals surface area contributed by atoms with Crippen LogP contribution in [0.1, 0.15) is 44.3 Å². The maximum absolute atomic E-state index is 12.8. The zero-order valence-corrected chi connectivity index (χ0v) is 15.5. The van der Waals surface area contributed by atoms with E-state index in [0.717, 1.165) is 57.7 Å². The standard InChI is InChI=1S/C17H30N4OS/c1-4-15-19-14(12-23-15)11-20-7-9-21(10-8-20)16(22)17(5-2,6-3)13-18/h12H,4-11,13,18H2,1-3H3. The number of carbonyl (C=O) groups is 1. The Morgan fingerprint density at radius 1 is 1.26 bits per heavy atom. The Morgan fingerprint density at radius 2 is 1.91 bits per heavy atom. The molecule has 1 fully saturated rings. The molecule has 1 aliphatic heterocycles. The van der Waals surface area contributed by atoms with Crippen LogP contribution in [0.15, 0.2) is 5.38 Å². The molecule has 2 heterocycles. The van der Waals surface area contributed by atoms with E-state index in [1.807, 2.05) is 4.90 Å². The number of amides is 1. The van der Waals surface area contributed by atoms with E-state index in [-0.39, 0.29) is 11.3 Å². The zero-order valence-electron chi connectivity index (χ0n) is 14.7. The van der Waals surface area contributed by atoms with Crippen LogP contribution in [0.2, 0.25) is 0 Å². The third kappa shape index (κ3) is 4.11. The smallest absolute Gasteiger partial charge is 0.230 e. The van der Waals surface area contributed by atoms with Crippen molar-refractivity contribution in [1.82, 2.24) is 14.8 Å². The van der Waals surface area contributed by atoms with Gasteiger partial charge in [0, 0.05) is 44.6 Å². The lowest BCUT2D eigenvalue weighted by molar-refractivity contribution is -0.144. The van der Waals surface area contributed by atoms with Crippen molar-refractivity contribution in [2.45, 2.75) is 46.6 Å². The number of carbonyl (C=O) groups excluding carboxylic acids is 1. The quantitative estimate of drug-likeness (QED) is 0.827. The first kappa shape index (κ1) is 18.4. The molecule has 2 N–H and O–H groups in total. The molecule has 0 aromatic carbocycles. The Balaban J connectivity index is 1.89. The Morgan fingerprint density at radius 3 is 2.39 bits per heavy atom.